The number of anilines is 1. The maximum atomic E-state index is 13.3. The number of benzene rings is 2. The van der Waals surface area contributed by atoms with Crippen LogP contribution in [0.15, 0.2) is 48.5 Å². The molecule has 1 aliphatic carbocycles. The Labute approximate surface area is 161 Å². The van der Waals surface area contributed by atoms with E-state index in [4.69, 9.17) is 0 Å². The van der Waals surface area contributed by atoms with Crippen LogP contribution in [0.3, 0.4) is 0 Å². The molecule has 2 aromatic carbocycles. The van der Waals surface area contributed by atoms with Gasteiger partial charge >= 0.3 is 0 Å². The molecule has 3 rings (SSSR count). The van der Waals surface area contributed by atoms with Crippen LogP contribution in [0, 0.1) is 19.3 Å². The first-order valence-electron chi connectivity index (χ1n) is 9.58. The Bertz CT molecular complexity index is 818. The normalized spacial score (nSPS) is 14.7. The first-order valence-corrected chi connectivity index (χ1v) is 9.58. The molecule has 1 fully saturated rings. The summed E-state index contributed by atoms with van der Waals surface area (Å²) in [5.41, 5.74) is 2.99. The molecule has 0 saturated heterocycles. The van der Waals surface area contributed by atoms with Crippen LogP contribution in [0.2, 0.25) is 0 Å². The minimum atomic E-state index is -0.923. The van der Waals surface area contributed by atoms with Crippen molar-refractivity contribution in [3.63, 3.8) is 0 Å². The molecule has 27 heavy (non-hydrogen) atoms. The standard InChI is InChI=1S/C23H28N2O2/c1-16(2)25(15-19-11-6-5-7-12-19)22(27)23(13-14-23)21(26)24-20-17(3)9-8-10-18(20)4/h5-12,16H,13-15H2,1-4H3,(H,24,26). The molecule has 2 amide bonds. The number of carbonyl (C=O) groups is 2. The number of nitrogens with one attached hydrogen (secondary N) is 1. The van der Waals surface area contributed by atoms with Crippen molar-refractivity contribution >= 4 is 17.5 Å². The molecular formula is C23H28N2O2. The topological polar surface area (TPSA) is 49.4 Å². The largest absolute Gasteiger partial charge is 0.335 e. The molecule has 1 aliphatic rings. The van der Waals surface area contributed by atoms with Crippen molar-refractivity contribution in [1.29, 1.82) is 0 Å². The van der Waals surface area contributed by atoms with Gasteiger partial charge in [0.25, 0.3) is 0 Å². The van der Waals surface area contributed by atoms with Crippen LogP contribution in [-0.4, -0.2) is 22.8 Å². The Morgan fingerprint density at radius 2 is 1.59 bits per heavy atom. The lowest BCUT2D eigenvalue weighted by molar-refractivity contribution is -0.144. The summed E-state index contributed by atoms with van der Waals surface area (Å²) in [6.45, 7) is 8.47. The maximum absolute atomic E-state index is 13.3. The molecule has 0 radical (unpaired) electrons. The maximum Gasteiger partial charge on any atom is 0.240 e. The predicted octanol–water partition coefficient (Wildman–Crippen LogP) is 4.46. The van der Waals surface area contributed by atoms with E-state index >= 15 is 0 Å². The first-order chi connectivity index (χ1) is 12.8. The van der Waals surface area contributed by atoms with Crippen LogP contribution in [-0.2, 0) is 16.1 Å². The fourth-order valence-corrected chi connectivity index (χ4v) is 3.45. The van der Waals surface area contributed by atoms with E-state index in [1.54, 1.807) is 0 Å². The van der Waals surface area contributed by atoms with Crippen molar-refractivity contribution in [2.75, 3.05) is 5.32 Å². The minimum Gasteiger partial charge on any atom is -0.335 e. The van der Waals surface area contributed by atoms with E-state index in [1.165, 1.54) is 0 Å². The second-order valence-electron chi connectivity index (χ2n) is 7.82. The van der Waals surface area contributed by atoms with Crippen molar-refractivity contribution in [3.05, 3.63) is 65.2 Å². The van der Waals surface area contributed by atoms with E-state index in [-0.39, 0.29) is 17.9 Å². The third-order valence-electron chi connectivity index (χ3n) is 5.39. The first kappa shape index (κ1) is 19.2. The Morgan fingerprint density at radius 1 is 1.00 bits per heavy atom. The number of para-hydroxylation sites is 1. The van der Waals surface area contributed by atoms with Crippen LogP contribution < -0.4 is 5.32 Å². The van der Waals surface area contributed by atoms with Gasteiger partial charge in [-0.25, -0.2) is 0 Å². The number of carbonyl (C=O) groups excluding carboxylic acids is 2. The van der Waals surface area contributed by atoms with Gasteiger partial charge in [-0.15, -0.1) is 0 Å². The van der Waals surface area contributed by atoms with Crippen molar-refractivity contribution in [3.8, 4) is 0 Å². The highest BCUT2D eigenvalue weighted by Crippen LogP contribution is 2.49. The van der Waals surface area contributed by atoms with Crippen LogP contribution in [0.1, 0.15) is 43.4 Å². The SMILES string of the molecule is Cc1cccc(C)c1NC(=O)C1(C(=O)N(Cc2ccccc2)C(C)C)CC1. The van der Waals surface area contributed by atoms with E-state index in [0.717, 1.165) is 22.4 Å². The summed E-state index contributed by atoms with van der Waals surface area (Å²) in [7, 11) is 0. The fraction of sp³-hybridized carbons (Fsp3) is 0.391. The number of hydrogen-bond donors (Lipinski definition) is 1. The monoisotopic (exact) mass is 364 g/mol. The molecule has 142 valence electrons. The summed E-state index contributed by atoms with van der Waals surface area (Å²) < 4.78 is 0. The quantitative estimate of drug-likeness (QED) is 0.770. The van der Waals surface area contributed by atoms with Gasteiger partial charge in [0.05, 0.1) is 0 Å². The summed E-state index contributed by atoms with van der Waals surface area (Å²) in [4.78, 5) is 28.2. The average Bonchev–Trinajstić information content (AvgIpc) is 3.45. The third-order valence-corrected chi connectivity index (χ3v) is 5.39. The number of nitrogens with zero attached hydrogens (tertiary/aromatic N) is 1. The van der Waals surface area contributed by atoms with Gasteiger partial charge in [0.2, 0.25) is 11.8 Å². The number of aryl methyl sites for hydroxylation is 2. The molecule has 0 bridgehead atoms. The smallest absolute Gasteiger partial charge is 0.240 e. The number of amides is 2. The molecule has 1 saturated carbocycles. The highest BCUT2D eigenvalue weighted by molar-refractivity contribution is 6.13. The average molecular weight is 364 g/mol. The molecule has 0 spiro atoms. The molecule has 0 aromatic heterocycles. The molecule has 0 unspecified atom stereocenters. The molecule has 4 nitrogen and oxygen atoms in total. The van der Waals surface area contributed by atoms with Gasteiger partial charge in [-0.3, -0.25) is 9.59 Å². The van der Waals surface area contributed by atoms with Crippen molar-refractivity contribution in [2.24, 2.45) is 5.41 Å². The van der Waals surface area contributed by atoms with Crippen LogP contribution in [0.25, 0.3) is 0 Å². The van der Waals surface area contributed by atoms with Crippen LogP contribution in [0.5, 0.6) is 0 Å². The fourth-order valence-electron chi connectivity index (χ4n) is 3.45. The van der Waals surface area contributed by atoms with E-state index in [2.05, 4.69) is 5.32 Å². The van der Waals surface area contributed by atoms with Crippen LogP contribution >= 0.6 is 0 Å². The molecule has 0 aliphatic heterocycles. The van der Waals surface area contributed by atoms with Gasteiger partial charge in [-0.2, -0.15) is 0 Å². The zero-order chi connectivity index (χ0) is 19.6. The van der Waals surface area contributed by atoms with Gasteiger partial charge in [-0.05, 0) is 57.2 Å². The lowest BCUT2D eigenvalue weighted by Gasteiger charge is -2.30. The van der Waals surface area contributed by atoms with E-state index in [0.29, 0.717) is 19.4 Å². The number of hydrogen-bond acceptors (Lipinski definition) is 2. The van der Waals surface area contributed by atoms with Gasteiger partial charge in [0.1, 0.15) is 5.41 Å². The van der Waals surface area contributed by atoms with E-state index in [9.17, 15) is 9.59 Å². The van der Waals surface area contributed by atoms with Gasteiger partial charge in [0.15, 0.2) is 0 Å². The van der Waals surface area contributed by atoms with Crippen molar-refractivity contribution in [1.82, 2.24) is 4.90 Å². The van der Waals surface area contributed by atoms with Gasteiger partial charge in [-0.1, -0.05) is 48.5 Å². The Balaban J connectivity index is 1.80. The molecule has 0 heterocycles. The Kier molecular flexibility index (Phi) is 5.36. The highest BCUT2D eigenvalue weighted by atomic mass is 16.2. The summed E-state index contributed by atoms with van der Waals surface area (Å²) in [6.07, 6.45) is 1.22. The lowest BCUT2D eigenvalue weighted by atomic mass is 10.0. The minimum absolute atomic E-state index is 0.0307. The second kappa shape index (κ2) is 7.55. The molecule has 2 aromatic rings. The summed E-state index contributed by atoms with van der Waals surface area (Å²) >= 11 is 0. The highest BCUT2D eigenvalue weighted by Gasteiger charge is 2.58. The zero-order valence-corrected chi connectivity index (χ0v) is 16.6. The van der Waals surface area contributed by atoms with E-state index < -0.39 is 5.41 Å². The summed E-state index contributed by atoms with van der Waals surface area (Å²) in [5, 5.41) is 3.03. The van der Waals surface area contributed by atoms with Gasteiger partial charge in [0, 0.05) is 18.3 Å². The van der Waals surface area contributed by atoms with E-state index in [1.807, 2.05) is 81.1 Å². The van der Waals surface area contributed by atoms with Gasteiger partial charge < -0.3 is 10.2 Å². The number of rotatable bonds is 6. The summed E-state index contributed by atoms with van der Waals surface area (Å²) in [5.74, 6) is -0.242. The lowest BCUT2D eigenvalue weighted by Crippen LogP contribution is -2.45. The second-order valence-corrected chi connectivity index (χ2v) is 7.82. The van der Waals surface area contributed by atoms with Crippen molar-refractivity contribution < 1.29 is 9.59 Å². The predicted molar refractivity (Wildman–Crippen MR) is 108 cm³/mol. The molecular weight excluding hydrogens is 336 g/mol. The van der Waals surface area contributed by atoms with Crippen molar-refractivity contribution in [2.45, 2.75) is 53.1 Å². The Hall–Kier alpha value is -2.62. The third kappa shape index (κ3) is 3.90. The zero-order valence-electron chi connectivity index (χ0n) is 16.6. The molecule has 0 atom stereocenters. The molecule has 4 heteroatoms. The van der Waals surface area contributed by atoms with Crippen LogP contribution in [0.4, 0.5) is 5.69 Å². The summed E-state index contributed by atoms with van der Waals surface area (Å²) in [6, 6.07) is 15.9. The molecule has 1 N–H and O–H groups in total. The Morgan fingerprint density at radius 3 is 2.11 bits per heavy atom.